The maximum Gasteiger partial charge on any atom is 0.247 e. The lowest BCUT2D eigenvalue weighted by Crippen LogP contribution is -2.55. The lowest BCUT2D eigenvalue weighted by Gasteiger charge is -2.40. The van der Waals surface area contributed by atoms with Crippen LogP contribution in [0.15, 0.2) is 64.7 Å². The van der Waals surface area contributed by atoms with Crippen LogP contribution in [0.2, 0.25) is 0 Å². The molecule has 2 aromatic carbocycles. The number of carbonyl (C=O) groups excluding carboxylic acids is 5. The topological polar surface area (TPSA) is 193 Å². The van der Waals surface area contributed by atoms with Crippen molar-refractivity contribution < 1.29 is 43.0 Å². The number of amidine groups is 1. The molecule has 4 amide bonds. The summed E-state index contributed by atoms with van der Waals surface area (Å²) in [7, 11) is 8.83. The van der Waals surface area contributed by atoms with E-state index in [1.54, 1.807) is 40.0 Å². The fourth-order valence-electron chi connectivity index (χ4n) is 9.85. The Morgan fingerprint density at radius 3 is 2.13 bits per heavy atom. The zero-order valence-corrected chi connectivity index (χ0v) is 48.0. The number of unbranched alkanes of at least 4 members (excludes halogenated alkanes) is 2. The summed E-state index contributed by atoms with van der Waals surface area (Å²) in [5, 5.41) is 13.3. The maximum atomic E-state index is 14.5. The van der Waals surface area contributed by atoms with Crippen LogP contribution in [0.4, 0.5) is 5.69 Å². The van der Waals surface area contributed by atoms with Crippen molar-refractivity contribution in [2.75, 3.05) is 67.0 Å². The summed E-state index contributed by atoms with van der Waals surface area (Å²) < 4.78 is 17.4. The number of rotatable bonds is 33. The first-order valence-electron chi connectivity index (χ1n) is 27.4. The van der Waals surface area contributed by atoms with Gasteiger partial charge in [-0.1, -0.05) is 103 Å². The van der Waals surface area contributed by atoms with Crippen molar-refractivity contribution in [1.82, 2.24) is 25.3 Å². The molecule has 2 aromatic rings. The fourth-order valence-corrected chi connectivity index (χ4v) is 9.85. The summed E-state index contributed by atoms with van der Waals surface area (Å²) in [4.78, 5) is 85.5. The van der Waals surface area contributed by atoms with Crippen LogP contribution >= 0.6 is 0 Å². The van der Waals surface area contributed by atoms with Gasteiger partial charge in [-0.2, -0.15) is 0 Å². The van der Waals surface area contributed by atoms with Crippen molar-refractivity contribution >= 4 is 46.8 Å². The molecule has 17 heteroatoms. The molecule has 0 spiro atoms. The molecule has 8 atom stereocenters. The maximum absolute atomic E-state index is 14.5. The van der Waals surface area contributed by atoms with E-state index >= 15 is 0 Å². The largest absolute Gasteiger partial charge is 0.479 e. The lowest BCUT2D eigenvalue weighted by atomic mass is 9.89. The molecule has 0 saturated carbocycles. The van der Waals surface area contributed by atoms with E-state index in [4.69, 9.17) is 24.0 Å². The highest BCUT2D eigenvalue weighted by atomic mass is 16.6. The normalized spacial score (nSPS) is 16.9. The highest BCUT2D eigenvalue weighted by molar-refractivity contribution is 5.97. The number of nitrogens with one attached hydrogen (secondary N) is 3. The molecule has 0 unspecified atom stereocenters. The van der Waals surface area contributed by atoms with Crippen molar-refractivity contribution in [2.45, 2.75) is 169 Å². The van der Waals surface area contributed by atoms with Crippen LogP contribution < -0.4 is 16.0 Å². The van der Waals surface area contributed by atoms with Crippen LogP contribution in [-0.2, 0) is 56.0 Å². The minimum absolute atomic E-state index is 0.00440. The highest BCUT2D eigenvalue weighted by Gasteiger charge is 2.43. The average molecular weight is 1050 g/mol. The first-order chi connectivity index (χ1) is 35.8. The van der Waals surface area contributed by atoms with Crippen molar-refractivity contribution in [3.05, 3.63) is 65.7 Å². The third-order valence-corrected chi connectivity index (χ3v) is 14.2. The number of ketones is 1. The van der Waals surface area contributed by atoms with Gasteiger partial charge in [-0.15, -0.1) is 0 Å². The summed E-state index contributed by atoms with van der Waals surface area (Å²) >= 11 is 0. The van der Waals surface area contributed by atoms with E-state index in [2.05, 4.69) is 48.8 Å². The molecule has 420 valence electrons. The predicted molar refractivity (Wildman–Crippen MR) is 298 cm³/mol. The van der Waals surface area contributed by atoms with Gasteiger partial charge in [-0.05, 0) is 74.1 Å². The van der Waals surface area contributed by atoms with Crippen LogP contribution in [0.1, 0.15) is 131 Å². The van der Waals surface area contributed by atoms with Gasteiger partial charge in [0.15, 0.2) is 0 Å². The minimum Gasteiger partial charge on any atom is -0.479 e. The number of aliphatic imine (C=N–C) groups is 1. The second-order valence-electron chi connectivity index (χ2n) is 20.9. The van der Waals surface area contributed by atoms with E-state index in [0.717, 1.165) is 49.1 Å². The van der Waals surface area contributed by atoms with Crippen molar-refractivity contribution in [3.63, 3.8) is 0 Å². The molecule has 1 heterocycles. The number of hydrogen-bond donors (Lipinski definition) is 3. The Kier molecular flexibility index (Phi) is 28.6. The molecule has 1 aliphatic heterocycles. The number of ether oxygens (including phenoxy) is 3. The van der Waals surface area contributed by atoms with Crippen LogP contribution in [0.5, 0.6) is 0 Å². The van der Waals surface area contributed by atoms with Gasteiger partial charge in [-0.25, -0.2) is 0 Å². The first-order valence-corrected chi connectivity index (χ1v) is 27.4. The number of hydrogen-bond acceptors (Lipinski definition) is 12. The van der Waals surface area contributed by atoms with Crippen molar-refractivity contribution in [1.29, 1.82) is 0 Å². The molecule has 3 N–H and O–H groups in total. The van der Waals surface area contributed by atoms with E-state index in [1.807, 2.05) is 99.3 Å². The number of Topliss-reactive ketones (excluding diaryl/α,β-unsaturated/α-hetero) is 1. The second kappa shape index (κ2) is 33.6. The summed E-state index contributed by atoms with van der Waals surface area (Å²) in [6.45, 7) is 20.4. The predicted octanol–water partition coefficient (Wildman–Crippen LogP) is 7.91. The zero-order valence-electron chi connectivity index (χ0n) is 48.0. The Morgan fingerprint density at radius 2 is 1.53 bits per heavy atom. The summed E-state index contributed by atoms with van der Waals surface area (Å²) in [5.41, 5.74) is 2.45. The molecular formula is C58H94N8O9. The van der Waals surface area contributed by atoms with E-state index < -0.39 is 42.3 Å². The standard InChI is InChI=1S/C58H94N8O9/c1-15-41(7)53(65(12)58(71)52(39(3)4)62-55(40(5)6)64(10)11)50(72-13)37-51(68)66-34-23-27-49(66)54(73-14)42(8)56(69)61-48(36-44-24-19-17-20-25-44)57(70)60-46-30-28-45(29-31-46)38-59-33-32-47(67)26-21-18-22-35-75-63-43(9)74-16-2/h17,19-20,24-25,28-31,39-42,48-50,52-54,59H,15-16,18,21-23,26-27,32-38H2,1-14H3,(H,60,70)(H,61,69)/b62-55?,63-43-/t41-,42+,48-,49-,50+,52-,53-,54+/m0/s1. The van der Waals surface area contributed by atoms with Gasteiger partial charge in [0.2, 0.25) is 29.5 Å². The highest BCUT2D eigenvalue weighted by Crippen LogP contribution is 2.30. The third kappa shape index (κ3) is 20.9. The molecule has 0 bridgehead atoms. The molecular weight excluding hydrogens is 953 g/mol. The van der Waals surface area contributed by atoms with Gasteiger partial charge in [0, 0.05) is 92.8 Å². The van der Waals surface area contributed by atoms with Gasteiger partial charge >= 0.3 is 0 Å². The second-order valence-corrected chi connectivity index (χ2v) is 20.9. The minimum atomic E-state index is -0.919. The molecule has 1 fully saturated rings. The third-order valence-electron chi connectivity index (χ3n) is 14.2. The summed E-state index contributed by atoms with van der Waals surface area (Å²) in [6, 6.07) is 14.7. The quantitative estimate of drug-likeness (QED) is 0.0272. The molecule has 0 aromatic heterocycles. The molecule has 0 aliphatic carbocycles. The number of likely N-dealkylation sites (tertiary alicyclic amines) is 1. The van der Waals surface area contributed by atoms with Gasteiger partial charge in [-0.3, -0.25) is 29.0 Å². The number of carbonyl (C=O) groups is 5. The molecule has 1 aliphatic rings. The number of amides is 4. The van der Waals surface area contributed by atoms with Gasteiger partial charge in [0.1, 0.15) is 30.3 Å². The Hall–Kier alpha value is -5.39. The number of methoxy groups -OCH3 is 2. The number of oxime groups is 1. The van der Waals surface area contributed by atoms with E-state index in [0.29, 0.717) is 63.7 Å². The Balaban J connectivity index is 1.66. The average Bonchev–Trinajstić information content (AvgIpc) is 3.87. The van der Waals surface area contributed by atoms with Gasteiger partial charge in [0.25, 0.3) is 0 Å². The molecule has 17 nitrogen and oxygen atoms in total. The lowest BCUT2D eigenvalue weighted by molar-refractivity contribution is -0.146. The SMILES string of the molecule is CCO/C(C)=N\OCCCCCC(=O)CCNCc1ccc(NC(=O)[C@H](Cc2ccccc2)NC(=O)[C@H](C)[C@@H](OC)[C@@H]2CCCN2C(=O)C[C@@H](OC)[C@H]([C@@H](C)CC)N(C)C(=O)[C@@H](N=C(C(C)C)N(C)C)C(C)C)cc1. The summed E-state index contributed by atoms with van der Waals surface area (Å²) in [5.74, 6) is -0.105. The van der Waals surface area contributed by atoms with Crippen LogP contribution in [0.3, 0.4) is 0 Å². The Labute approximate surface area is 449 Å². The fraction of sp³-hybridized carbons (Fsp3) is 0.672. The molecule has 3 rings (SSSR count). The van der Waals surface area contributed by atoms with Crippen LogP contribution in [0, 0.1) is 23.7 Å². The molecule has 75 heavy (non-hydrogen) atoms. The number of nitrogens with zero attached hydrogens (tertiary/aromatic N) is 5. The van der Waals surface area contributed by atoms with E-state index in [9.17, 15) is 24.0 Å². The number of anilines is 1. The van der Waals surface area contributed by atoms with Gasteiger partial charge in [0.05, 0.1) is 43.2 Å². The molecule has 0 radical (unpaired) electrons. The van der Waals surface area contributed by atoms with Gasteiger partial charge < -0.3 is 49.7 Å². The van der Waals surface area contributed by atoms with Crippen LogP contribution in [-0.4, -0.2) is 154 Å². The monoisotopic (exact) mass is 1050 g/mol. The van der Waals surface area contributed by atoms with E-state index in [1.165, 1.54) is 0 Å². The van der Waals surface area contributed by atoms with E-state index in [-0.39, 0.29) is 60.0 Å². The smallest absolute Gasteiger partial charge is 0.247 e. The van der Waals surface area contributed by atoms with Crippen molar-refractivity contribution in [3.8, 4) is 0 Å². The van der Waals surface area contributed by atoms with Crippen molar-refractivity contribution in [2.24, 2.45) is 33.8 Å². The van der Waals surface area contributed by atoms with Crippen LogP contribution in [0.25, 0.3) is 0 Å². The number of benzene rings is 2. The Bertz CT molecular complexity index is 2090. The first kappa shape index (κ1) is 63.9. The number of likely N-dealkylation sites (N-methyl/N-ethyl adjacent to an activating group) is 1. The summed E-state index contributed by atoms with van der Waals surface area (Å²) in [6.07, 6.45) is 4.61. The zero-order chi connectivity index (χ0) is 55.6. The molecule has 1 saturated heterocycles. The Morgan fingerprint density at radius 1 is 0.840 bits per heavy atom.